The average molecular weight is 254 g/mol. The standard InChI is InChI=1S/C9H13F7/c1-6(2,3)8(12,13)7(4,5(10)11)9(14,15)16/h5H,1-4H3. The number of hydrogen-bond donors (Lipinski definition) is 0. The van der Waals surface area contributed by atoms with Gasteiger partial charge in [0.25, 0.3) is 12.3 Å². The van der Waals surface area contributed by atoms with Gasteiger partial charge in [-0.15, -0.1) is 0 Å². The molecule has 0 aliphatic rings. The Hall–Kier alpha value is -0.490. The van der Waals surface area contributed by atoms with Crippen molar-refractivity contribution in [2.45, 2.75) is 46.2 Å². The van der Waals surface area contributed by atoms with Crippen LogP contribution in [0.1, 0.15) is 27.7 Å². The highest BCUT2D eigenvalue weighted by Gasteiger charge is 2.74. The molecule has 0 amide bonds. The summed E-state index contributed by atoms with van der Waals surface area (Å²) in [4.78, 5) is 0. The van der Waals surface area contributed by atoms with Gasteiger partial charge in [-0.05, 0) is 6.92 Å². The van der Waals surface area contributed by atoms with Crippen molar-refractivity contribution >= 4 is 0 Å². The van der Waals surface area contributed by atoms with Crippen molar-refractivity contribution in [3.8, 4) is 0 Å². The van der Waals surface area contributed by atoms with Gasteiger partial charge in [0, 0.05) is 5.41 Å². The molecule has 0 bridgehead atoms. The Bertz CT molecular complexity index is 248. The lowest BCUT2D eigenvalue weighted by Gasteiger charge is -2.44. The molecule has 16 heavy (non-hydrogen) atoms. The number of halogens is 7. The highest BCUT2D eigenvalue weighted by Crippen LogP contribution is 2.58. The van der Waals surface area contributed by atoms with Crippen LogP contribution in [-0.2, 0) is 0 Å². The van der Waals surface area contributed by atoms with E-state index in [1.807, 2.05) is 0 Å². The molecule has 0 saturated carbocycles. The van der Waals surface area contributed by atoms with E-state index < -0.39 is 29.4 Å². The molecule has 98 valence electrons. The highest BCUT2D eigenvalue weighted by molar-refractivity contribution is 5.02. The Labute approximate surface area is 88.8 Å². The van der Waals surface area contributed by atoms with Crippen molar-refractivity contribution in [1.82, 2.24) is 0 Å². The molecule has 0 fully saturated rings. The SMILES string of the molecule is CC(C)(C)C(F)(F)C(C)(C(F)F)C(F)(F)F. The molecule has 1 atom stereocenters. The van der Waals surface area contributed by atoms with E-state index >= 15 is 0 Å². The Morgan fingerprint density at radius 2 is 1.06 bits per heavy atom. The van der Waals surface area contributed by atoms with Crippen molar-refractivity contribution in [1.29, 1.82) is 0 Å². The molecule has 0 aliphatic carbocycles. The molecule has 0 aromatic carbocycles. The molecule has 0 rings (SSSR count). The monoisotopic (exact) mass is 254 g/mol. The summed E-state index contributed by atoms with van der Waals surface area (Å²) < 4.78 is 89.1. The zero-order chi connectivity index (χ0) is 13.6. The van der Waals surface area contributed by atoms with Gasteiger partial charge in [0.05, 0.1) is 0 Å². The first kappa shape index (κ1) is 15.5. The summed E-state index contributed by atoms with van der Waals surface area (Å²) in [7, 11) is 0. The Balaban J connectivity index is 5.75. The summed E-state index contributed by atoms with van der Waals surface area (Å²) in [5.41, 5.74) is -6.56. The van der Waals surface area contributed by atoms with Crippen LogP contribution in [0.2, 0.25) is 0 Å². The average Bonchev–Trinajstić information content (AvgIpc) is 1.97. The topological polar surface area (TPSA) is 0 Å². The van der Waals surface area contributed by atoms with E-state index in [2.05, 4.69) is 0 Å². The summed E-state index contributed by atoms with van der Waals surface area (Å²) in [5, 5.41) is 0. The molecule has 0 aliphatic heterocycles. The highest BCUT2D eigenvalue weighted by atomic mass is 19.4. The normalized spacial score (nSPS) is 18.8. The van der Waals surface area contributed by atoms with Gasteiger partial charge in [0.2, 0.25) is 0 Å². The van der Waals surface area contributed by atoms with Crippen molar-refractivity contribution in [2.24, 2.45) is 10.8 Å². The van der Waals surface area contributed by atoms with Crippen LogP contribution in [0.25, 0.3) is 0 Å². The minimum Gasteiger partial charge on any atom is -0.209 e. The maximum Gasteiger partial charge on any atom is 0.405 e. The van der Waals surface area contributed by atoms with Crippen LogP contribution < -0.4 is 0 Å². The van der Waals surface area contributed by atoms with Gasteiger partial charge < -0.3 is 0 Å². The van der Waals surface area contributed by atoms with Crippen molar-refractivity contribution < 1.29 is 30.7 Å². The molecule has 0 saturated heterocycles. The van der Waals surface area contributed by atoms with Crippen LogP contribution in [0, 0.1) is 10.8 Å². The smallest absolute Gasteiger partial charge is 0.209 e. The van der Waals surface area contributed by atoms with Gasteiger partial charge in [-0.3, -0.25) is 0 Å². The second-order valence-electron chi connectivity index (χ2n) is 4.83. The van der Waals surface area contributed by atoms with E-state index in [-0.39, 0.29) is 6.92 Å². The molecule has 0 aromatic rings. The van der Waals surface area contributed by atoms with E-state index in [4.69, 9.17) is 0 Å². The summed E-state index contributed by atoms with van der Waals surface area (Å²) in [6, 6.07) is 0. The van der Waals surface area contributed by atoms with E-state index in [1.54, 1.807) is 0 Å². The van der Waals surface area contributed by atoms with Crippen LogP contribution >= 0.6 is 0 Å². The first-order valence-corrected chi connectivity index (χ1v) is 4.42. The molecule has 0 heterocycles. The predicted octanol–water partition coefficient (Wildman–Crippen LogP) is 4.50. The van der Waals surface area contributed by atoms with Crippen LogP contribution in [0.4, 0.5) is 30.7 Å². The first-order chi connectivity index (χ1) is 6.69. The summed E-state index contributed by atoms with van der Waals surface area (Å²) in [6.07, 6.45) is -9.88. The maximum atomic E-state index is 13.5. The maximum absolute atomic E-state index is 13.5. The molecule has 7 heteroatoms. The summed E-state index contributed by atoms with van der Waals surface area (Å²) >= 11 is 0. The van der Waals surface area contributed by atoms with Crippen LogP contribution in [0.15, 0.2) is 0 Å². The Kier molecular flexibility index (Phi) is 3.65. The molecule has 0 aromatic heterocycles. The fourth-order valence-electron chi connectivity index (χ4n) is 1.22. The molecule has 0 N–H and O–H groups in total. The Morgan fingerprint density at radius 3 is 1.12 bits per heavy atom. The van der Waals surface area contributed by atoms with Crippen LogP contribution in [0.3, 0.4) is 0 Å². The zero-order valence-corrected chi connectivity index (χ0v) is 9.22. The molecule has 0 nitrogen and oxygen atoms in total. The van der Waals surface area contributed by atoms with Gasteiger partial charge in [0.1, 0.15) is 0 Å². The fourth-order valence-corrected chi connectivity index (χ4v) is 1.22. The second kappa shape index (κ2) is 3.77. The van der Waals surface area contributed by atoms with Crippen molar-refractivity contribution in [3.63, 3.8) is 0 Å². The molecule has 0 spiro atoms. The van der Waals surface area contributed by atoms with Crippen LogP contribution in [0.5, 0.6) is 0 Å². The summed E-state index contributed by atoms with van der Waals surface area (Å²) in [5.74, 6) is -4.58. The minimum atomic E-state index is -5.68. The third-order valence-corrected chi connectivity index (χ3v) is 2.62. The van der Waals surface area contributed by atoms with Crippen molar-refractivity contribution in [3.05, 3.63) is 0 Å². The van der Waals surface area contributed by atoms with Crippen LogP contribution in [-0.4, -0.2) is 18.5 Å². The molecular weight excluding hydrogens is 241 g/mol. The van der Waals surface area contributed by atoms with Gasteiger partial charge in [-0.25, -0.2) is 17.6 Å². The zero-order valence-electron chi connectivity index (χ0n) is 9.22. The summed E-state index contributed by atoms with van der Waals surface area (Å²) in [6.45, 7) is 2.22. The Morgan fingerprint density at radius 1 is 0.750 bits per heavy atom. The fraction of sp³-hybridized carbons (Fsp3) is 1.00. The van der Waals surface area contributed by atoms with E-state index in [1.165, 1.54) is 0 Å². The van der Waals surface area contributed by atoms with E-state index in [0.717, 1.165) is 20.8 Å². The lowest BCUT2D eigenvalue weighted by molar-refractivity contribution is -0.350. The number of rotatable bonds is 2. The predicted molar refractivity (Wildman–Crippen MR) is 44.6 cm³/mol. The lowest BCUT2D eigenvalue weighted by atomic mass is 9.70. The van der Waals surface area contributed by atoms with Gasteiger partial charge >= 0.3 is 6.18 Å². The van der Waals surface area contributed by atoms with Gasteiger partial charge in [-0.2, -0.15) is 13.2 Å². The minimum absolute atomic E-state index is 0.150. The largest absolute Gasteiger partial charge is 0.405 e. The third kappa shape index (κ3) is 2.00. The van der Waals surface area contributed by atoms with E-state index in [0.29, 0.717) is 0 Å². The van der Waals surface area contributed by atoms with Crippen molar-refractivity contribution in [2.75, 3.05) is 0 Å². The third-order valence-electron chi connectivity index (χ3n) is 2.62. The quantitative estimate of drug-likeness (QED) is 0.636. The number of alkyl halides is 7. The molecular formula is C9H13F7. The molecule has 0 radical (unpaired) electrons. The first-order valence-electron chi connectivity index (χ1n) is 4.42. The van der Waals surface area contributed by atoms with Gasteiger partial charge in [-0.1, -0.05) is 20.8 Å². The number of hydrogen-bond acceptors (Lipinski definition) is 0. The van der Waals surface area contributed by atoms with E-state index in [9.17, 15) is 30.7 Å². The lowest BCUT2D eigenvalue weighted by Crippen LogP contribution is -2.60. The van der Waals surface area contributed by atoms with Gasteiger partial charge in [0.15, 0.2) is 5.41 Å². The molecule has 1 unspecified atom stereocenters. The second-order valence-corrected chi connectivity index (χ2v) is 4.83.